The van der Waals surface area contributed by atoms with E-state index in [9.17, 15) is 9.18 Å². The summed E-state index contributed by atoms with van der Waals surface area (Å²) in [5, 5.41) is 1.04. The Morgan fingerprint density at radius 2 is 1.71 bits per heavy atom. The highest BCUT2D eigenvalue weighted by atomic mass is 19.1. The summed E-state index contributed by atoms with van der Waals surface area (Å²) in [6, 6.07) is 22.4. The number of aryl methyl sites for hydroxylation is 1. The number of carbonyl (C=O) groups is 1. The van der Waals surface area contributed by atoms with E-state index in [2.05, 4.69) is 4.57 Å². The molecule has 1 aromatic heterocycles. The van der Waals surface area contributed by atoms with E-state index >= 15 is 0 Å². The van der Waals surface area contributed by atoms with Crippen molar-refractivity contribution in [2.24, 2.45) is 0 Å². The molecule has 0 unspecified atom stereocenters. The third kappa shape index (κ3) is 3.80. The van der Waals surface area contributed by atoms with Gasteiger partial charge in [-0.1, -0.05) is 60.2 Å². The van der Waals surface area contributed by atoms with Crippen LogP contribution in [0.3, 0.4) is 0 Å². The molecule has 0 saturated heterocycles. The van der Waals surface area contributed by atoms with Crippen molar-refractivity contribution in [2.75, 3.05) is 0 Å². The summed E-state index contributed by atoms with van der Waals surface area (Å²) in [4.78, 5) is 12.5. The standard InChI is InChI=1S/C27H20FNO2/c1-18-6-10-20(11-7-18)26-15-21(27(30)31-26)14-22-17-29(25-5-3-2-4-24(22)25)16-19-8-12-23(28)13-9-19/h2-15,17H,16H2,1H3/b21-14+. The summed E-state index contributed by atoms with van der Waals surface area (Å²) in [5.74, 6) is -0.0420. The van der Waals surface area contributed by atoms with Crippen molar-refractivity contribution in [2.45, 2.75) is 13.5 Å². The molecule has 4 heteroatoms. The van der Waals surface area contributed by atoms with Crippen LogP contribution in [0.2, 0.25) is 0 Å². The van der Waals surface area contributed by atoms with Gasteiger partial charge in [-0.3, -0.25) is 0 Å². The Bertz CT molecular complexity index is 1340. The number of para-hydroxylation sites is 1. The molecule has 0 N–H and O–H groups in total. The number of hydrogen-bond acceptors (Lipinski definition) is 2. The fourth-order valence-corrected chi connectivity index (χ4v) is 3.82. The van der Waals surface area contributed by atoms with Crippen molar-refractivity contribution >= 4 is 28.7 Å². The van der Waals surface area contributed by atoms with Crippen molar-refractivity contribution < 1.29 is 13.9 Å². The van der Waals surface area contributed by atoms with Crippen molar-refractivity contribution in [3.63, 3.8) is 0 Å². The van der Waals surface area contributed by atoms with Gasteiger partial charge < -0.3 is 9.30 Å². The van der Waals surface area contributed by atoms with E-state index in [1.807, 2.05) is 67.7 Å². The summed E-state index contributed by atoms with van der Waals surface area (Å²) in [5.41, 5.74) is 5.53. The predicted octanol–water partition coefficient (Wildman–Crippen LogP) is 6.12. The van der Waals surface area contributed by atoms with E-state index in [1.165, 1.54) is 12.1 Å². The van der Waals surface area contributed by atoms with Gasteiger partial charge in [0.25, 0.3) is 0 Å². The van der Waals surface area contributed by atoms with Gasteiger partial charge in [-0.25, -0.2) is 9.18 Å². The van der Waals surface area contributed by atoms with Crippen LogP contribution >= 0.6 is 0 Å². The Morgan fingerprint density at radius 3 is 2.48 bits per heavy atom. The Balaban J connectivity index is 1.52. The smallest absolute Gasteiger partial charge is 0.343 e. The van der Waals surface area contributed by atoms with E-state index in [0.29, 0.717) is 17.9 Å². The highest BCUT2D eigenvalue weighted by Gasteiger charge is 2.22. The van der Waals surface area contributed by atoms with Gasteiger partial charge in [-0.05, 0) is 42.8 Å². The number of rotatable bonds is 4. The first kappa shape index (κ1) is 19.1. The highest BCUT2D eigenvalue weighted by molar-refractivity contribution is 6.06. The van der Waals surface area contributed by atoms with Crippen LogP contribution in [0.15, 0.2) is 90.6 Å². The molecular weight excluding hydrogens is 389 g/mol. The van der Waals surface area contributed by atoms with E-state index in [4.69, 9.17) is 4.74 Å². The quantitative estimate of drug-likeness (QED) is 0.300. The van der Waals surface area contributed by atoms with Crippen LogP contribution in [0.4, 0.5) is 4.39 Å². The molecule has 3 aromatic carbocycles. The summed E-state index contributed by atoms with van der Waals surface area (Å²) in [6.07, 6.45) is 5.68. The monoisotopic (exact) mass is 409 g/mol. The zero-order chi connectivity index (χ0) is 21.4. The molecule has 1 aliphatic rings. The average Bonchev–Trinajstić information content (AvgIpc) is 3.31. The Morgan fingerprint density at radius 1 is 0.968 bits per heavy atom. The SMILES string of the molecule is Cc1ccc(C2=C/C(=C\c3cn(Cc4ccc(F)cc4)c4ccccc34)C(=O)O2)cc1. The first-order chi connectivity index (χ1) is 15.1. The van der Waals surface area contributed by atoms with Crippen LogP contribution in [0.25, 0.3) is 22.7 Å². The number of aromatic nitrogens is 1. The number of esters is 1. The number of halogens is 1. The average molecular weight is 409 g/mol. The van der Waals surface area contributed by atoms with Crippen molar-refractivity contribution in [3.05, 3.63) is 119 Å². The largest absolute Gasteiger partial charge is 0.422 e. The molecular formula is C27H20FNO2. The molecule has 0 atom stereocenters. The van der Waals surface area contributed by atoms with E-state index in [1.54, 1.807) is 18.2 Å². The van der Waals surface area contributed by atoms with Crippen LogP contribution < -0.4 is 0 Å². The third-order valence-corrected chi connectivity index (χ3v) is 5.46. The molecule has 0 fully saturated rings. The maximum absolute atomic E-state index is 13.3. The fourth-order valence-electron chi connectivity index (χ4n) is 3.82. The van der Waals surface area contributed by atoms with Crippen molar-refractivity contribution in [1.82, 2.24) is 4.57 Å². The van der Waals surface area contributed by atoms with Gasteiger partial charge in [0.2, 0.25) is 0 Å². The fraction of sp³-hybridized carbons (Fsp3) is 0.0741. The van der Waals surface area contributed by atoms with Crippen LogP contribution in [0.5, 0.6) is 0 Å². The lowest BCUT2D eigenvalue weighted by atomic mass is 10.1. The zero-order valence-corrected chi connectivity index (χ0v) is 17.0. The van der Waals surface area contributed by atoms with Gasteiger partial charge in [-0.15, -0.1) is 0 Å². The van der Waals surface area contributed by atoms with E-state index in [-0.39, 0.29) is 11.8 Å². The second kappa shape index (κ2) is 7.73. The van der Waals surface area contributed by atoms with Crippen molar-refractivity contribution in [3.8, 4) is 0 Å². The molecule has 0 radical (unpaired) electrons. The molecule has 152 valence electrons. The number of cyclic esters (lactones) is 1. The third-order valence-electron chi connectivity index (χ3n) is 5.46. The molecule has 5 rings (SSSR count). The molecule has 1 aliphatic heterocycles. The van der Waals surface area contributed by atoms with Crippen molar-refractivity contribution in [1.29, 1.82) is 0 Å². The van der Waals surface area contributed by atoms with Gasteiger partial charge in [0, 0.05) is 34.8 Å². The molecule has 3 nitrogen and oxygen atoms in total. The first-order valence-corrected chi connectivity index (χ1v) is 10.1. The number of hydrogen-bond donors (Lipinski definition) is 0. The minimum absolute atomic E-state index is 0.248. The molecule has 0 amide bonds. The molecule has 0 bridgehead atoms. The van der Waals surface area contributed by atoms with Gasteiger partial charge in [0.15, 0.2) is 0 Å². The molecule has 0 spiro atoms. The number of ether oxygens (including phenoxy) is 1. The number of benzene rings is 3. The molecule has 31 heavy (non-hydrogen) atoms. The lowest BCUT2D eigenvalue weighted by Gasteiger charge is -2.05. The van der Waals surface area contributed by atoms with Crippen LogP contribution in [0.1, 0.15) is 22.3 Å². The summed E-state index contributed by atoms with van der Waals surface area (Å²) >= 11 is 0. The van der Waals surface area contributed by atoms with Crippen LogP contribution in [-0.2, 0) is 16.1 Å². The van der Waals surface area contributed by atoms with Gasteiger partial charge in [0.05, 0.1) is 5.57 Å². The minimum Gasteiger partial charge on any atom is -0.422 e. The Labute approximate surface area is 179 Å². The second-order valence-electron chi connectivity index (χ2n) is 7.72. The maximum Gasteiger partial charge on any atom is 0.343 e. The normalized spacial score (nSPS) is 14.8. The summed E-state index contributed by atoms with van der Waals surface area (Å²) < 4.78 is 20.9. The van der Waals surface area contributed by atoms with Gasteiger partial charge >= 0.3 is 5.97 Å². The summed E-state index contributed by atoms with van der Waals surface area (Å²) in [7, 11) is 0. The number of carbonyl (C=O) groups excluding carboxylic acids is 1. The molecule has 2 heterocycles. The molecule has 4 aromatic rings. The molecule has 0 aliphatic carbocycles. The number of nitrogens with zero attached hydrogens (tertiary/aromatic N) is 1. The Kier molecular flexibility index (Phi) is 4.75. The van der Waals surface area contributed by atoms with Crippen LogP contribution in [0, 0.1) is 12.7 Å². The van der Waals surface area contributed by atoms with E-state index < -0.39 is 0 Å². The Hall–Kier alpha value is -3.92. The topological polar surface area (TPSA) is 31.2 Å². The van der Waals surface area contributed by atoms with E-state index in [0.717, 1.165) is 33.2 Å². The second-order valence-corrected chi connectivity index (χ2v) is 7.72. The lowest BCUT2D eigenvalue weighted by Crippen LogP contribution is -1.98. The van der Waals surface area contributed by atoms with Gasteiger partial charge in [0.1, 0.15) is 11.6 Å². The summed E-state index contributed by atoms with van der Waals surface area (Å²) in [6.45, 7) is 2.63. The highest BCUT2D eigenvalue weighted by Crippen LogP contribution is 2.30. The maximum atomic E-state index is 13.3. The number of fused-ring (bicyclic) bond motifs is 1. The zero-order valence-electron chi connectivity index (χ0n) is 17.0. The minimum atomic E-state index is -0.356. The first-order valence-electron chi connectivity index (χ1n) is 10.1. The lowest BCUT2D eigenvalue weighted by molar-refractivity contribution is -0.130. The van der Waals surface area contributed by atoms with Crippen LogP contribution in [-0.4, -0.2) is 10.5 Å². The predicted molar refractivity (Wildman–Crippen MR) is 121 cm³/mol. The molecule has 0 saturated carbocycles. The van der Waals surface area contributed by atoms with Gasteiger partial charge in [-0.2, -0.15) is 0 Å².